The molecule has 0 aromatic heterocycles. The molecule has 0 spiro atoms. The van der Waals surface area contributed by atoms with Crippen LogP contribution in [0.5, 0.6) is 0 Å². The molecule has 168 valence electrons. The summed E-state index contributed by atoms with van der Waals surface area (Å²) in [4.78, 5) is 22.6. The van der Waals surface area contributed by atoms with E-state index in [1.54, 1.807) is 0 Å². The minimum absolute atomic E-state index is 0.229. The van der Waals surface area contributed by atoms with Crippen molar-refractivity contribution >= 4 is 14.0 Å². The van der Waals surface area contributed by atoms with Crippen molar-refractivity contribution in [3.63, 3.8) is 0 Å². The predicted molar refractivity (Wildman–Crippen MR) is 124 cm³/mol. The Kier molecular flexibility index (Phi) is 11.6. The molecule has 0 amide bonds. The average Bonchev–Trinajstić information content (AvgIpc) is 2.52. The Morgan fingerprint density at radius 3 is 1.75 bits per heavy atom. The zero-order valence-corrected chi connectivity index (χ0v) is 21.8. The maximum atomic E-state index is 12.0. The van der Waals surface area contributed by atoms with Gasteiger partial charge in [-0.2, -0.15) is 4.89 Å². The number of carbonyl (C=O) groups excluding carboxylic acids is 1. The maximum absolute atomic E-state index is 12.0. The molecule has 3 nitrogen and oxygen atoms in total. The standard InChI is InChI=1S/C24H50O3Si/c1-22(2,3)18-16-14-12-11-13-15-17-21(25)26-27-24(7,8)19-20-28(9,10)23(4,5)6/h11-20H2,1-10H3. The van der Waals surface area contributed by atoms with Gasteiger partial charge in [-0.05, 0) is 43.6 Å². The van der Waals surface area contributed by atoms with Crippen molar-refractivity contribution in [2.75, 3.05) is 0 Å². The van der Waals surface area contributed by atoms with E-state index in [4.69, 9.17) is 9.78 Å². The average molecular weight is 415 g/mol. The number of rotatable bonds is 13. The first-order valence-electron chi connectivity index (χ1n) is 11.4. The molecule has 0 N–H and O–H groups in total. The van der Waals surface area contributed by atoms with Gasteiger partial charge in [0, 0.05) is 6.42 Å². The Hall–Kier alpha value is -0.353. The van der Waals surface area contributed by atoms with Gasteiger partial charge in [-0.15, -0.1) is 0 Å². The van der Waals surface area contributed by atoms with Gasteiger partial charge in [0.1, 0.15) is 5.60 Å². The molecule has 0 aromatic carbocycles. The number of hydrogen-bond acceptors (Lipinski definition) is 3. The van der Waals surface area contributed by atoms with Crippen LogP contribution >= 0.6 is 0 Å². The SMILES string of the molecule is CC(C)(C)CCCCCCCCC(=O)OOC(C)(C)CC[Si](C)(C)C(C)(C)C. The summed E-state index contributed by atoms with van der Waals surface area (Å²) in [5, 5.41) is 0.368. The summed E-state index contributed by atoms with van der Waals surface area (Å²) < 4.78 is 0. The highest BCUT2D eigenvalue weighted by Crippen LogP contribution is 2.40. The van der Waals surface area contributed by atoms with Crippen LogP contribution in [0, 0.1) is 5.41 Å². The van der Waals surface area contributed by atoms with Gasteiger partial charge < -0.3 is 0 Å². The molecule has 0 aliphatic heterocycles. The molecular formula is C24H50O3Si. The normalized spacial score (nSPS) is 13.6. The first kappa shape index (κ1) is 27.6. The van der Waals surface area contributed by atoms with Crippen molar-refractivity contribution < 1.29 is 14.6 Å². The molecule has 0 aliphatic rings. The van der Waals surface area contributed by atoms with Crippen LogP contribution in [0.15, 0.2) is 0 Å². The monoisotopic (exact) mass is 414 g/mol. The summed E-state index contributed by atoms with van der Waals surface area (Å²) in [7, 11) is -1.34. The fourth-order valence-electron chi connectivity index (χ4n) is 2.86. The van der Waals surface area contributed by atoms with Crippen molar-refractivity contribution in [1.82, 2.24) is 0 Å². The molecule has 0 saturated carbocycles. The lowest BCUT2D eigenvalue weighted by molar-refractivity contribution is -0.325. The maximum Gasteiger partial charge on any atom is 0.342 e. The van der Waals surface area contributed by atoms with E-state index < -0.39 is 13.7 Å². The Morgan fingerprint density at radius 1 is 0.750 bits per heavy atom. The van der Waals surface area contributed by atoms with E-state index in [9.17, 15) is 4.79 Å². The van der Waals surface area contributed by atoms with E-state index in [0.717, 1.165) is 25.3 Å². The van der Waals surface area contributed by atoms with Gasteiger partial charge >= 0.3 is 5.97 Å². The molecule has 4 heteroatoms. The van der Waals surface area contributed by atoms with E-state index in [1.165, 1.54) is 32.1 Å². The van der Waals surface area contributed by atoms with Crippen molar-refractivity contribution in [2.45, 2.75) is 143 Å². The lowest BCUT2D eigenvalue weighted by atomic mass is 9.89. The first-order valence-corrected chi connectivity index (χ1v) is 14.7. The highest BCUT2D eigenvalue weighted by atomic mass is 28.3. The Balaban J connectivity index is 3.88. The van der Waals surface area contributed by atoms with Crippen LogP contribution in [0.3, 0.4) is 0 Å². The van der Waals surface area contributed by atoms with E-state index in [0.29, 0.717) is 16.9 Å². The van der Waals surface area contributed by atoms with Crippen LogP contribution < -0.4 is 0 Å². The molecule has 0 radical (unpaired) electrons. The second-order valence-corrected chi connectivity index (χ2v) is 17.9. The molecule has 28 heavy (non-hydrogen) atoms. The van der Waals surface area contributed by atoms with E-state index >= 15 is 0 Å². The van der Waals surface area contributed by atoms with Crippen LogP contribution in [0.2, 0.25) is 24.2 Å². The van der Waals surface area contributed by atoms with Crippen molar-refractivity contribution in [2.24, 2.45) is 5.41 Å². The van der Waals surface area contributed by atoms with Crippen molar-refractivity contribution in [3.8, 4) is 0 Å². The molecule has 0 bridgehead atoms. The third-order valence-electron chi connectivity index (χ3n) is 6.30. The Labute approximate surface area is 177 Å². The zero-order valence-electron chi connectivity index (χ0n) is 20.8. The van der Waals surface area contributed by atoms with E-state index in [2.05, 4.69) is 54.6 Å². The first-order chi connectivity index (χ1) is 12.6. The molecule has 0 heterocycles. The van der Waals surface area contributed by atoms with Crippen molar-refractivity contribution in [1.29, 1.82) is 0 Å². The minimum atomic E-state index is -1.34. The second kappa shape index (κ2) is 11.7. The van der Waals surface area contributed by atoms with Crippen LogP contribution in [0.4, 0.5) is 0 Å². The molecule has 0 aromatic rings. The van der Waals surface area contributed by atoms with Gasteiger partial charge in [0.2, 0.25) is 0 Å². The zero-order chi connectivity index (χ0) is 22.1. The number of unbranched alkanes of at least 4 members (excludes halogenated alkanes) is 5. The molecule has 0 atom stereocenters. The highest BCUT2D eigenvalue weighted by Gasteiger charge is 2.37. The van der Waals surface area contributed by atoms with Gasteiger partial charge in [0.15, 0.2) is 0 Å². The number of hydrogen-bond donors (Lipinski definition) is 0. The van der Waals surface area contributed by atoms with Gasteiger partial charge in [-0.25, -0.2) is 4.79 Å². The van der Waals surface area contributed by atoms with Crippen LogP contribution in [-0.2, 0) is 14.6 Å². The van der Waals surface area contributed by atoms with Crippen molar-refractivity contribution in [3.05, 3.63) is 0 Å². The second-order valence-electron chi connectivity index (χ2n) is 12.1. The van der Waals surface area contributed by atoms with Crippen LogP contribution in [-0.4, -0.2) is 19.6 Å². The third-order valence-corrected chi connectivity index (χ3v) is 11.9. The van der Waals surface area contributed by atoms with Gasteiger partial charge in [-0.1, -0.05) is 92.8 Å². The molecule has 0 aliphatic carbocycles. The summed E-state index contributed by atoms with van der Waals surface area (Å²) in [5.41, 5.74) is 0.0282. The van der Waals surface area contributed by atoms with Gasteiger partial charge in [0.25, 0.3) is 0 Å². The topological polar surface area (TPSA) is 35.5 Å². The smallest absolute Gasteiger partial charge is 0.298 e. The minimum Gasteiger partial charge on any atom is -0.298 e. The van der Waals surface area contributed by atoms with E-state index in [-0.39, 0.29) is 5.97 Å². The highest BCUT2D eigenvalue weighted by molar-refractivity contribution is 6.80. The van der Waals surface area contributed by atoms with E-state index in [1.807, 2.05) is 13.8 Å². The molecular weight excluding hydrogens is 364 g/mol. The lowest BCUT2D eigenvalue weighted by Crippen LogP contribution is -2.39. The Bertz CT molecular complexity index is 442. The van der Waals surface area contributed by atoms with Crippen LogP contribution in [0.25, 0.3) is 0 Å². The number of carbonyl (C=O) groups is 1. The lowest BCUT2D eigenvalue weighted by Gasteiger charge is -2.38. The quantitative estimate of drug-likeness (QED) is 0.131. The fourth-order valence-corrected chi connectivity index (χ4v) is 4.84. The molecule has 0 saturated heterocycles. The predicted octanol–water partition coefficient (Wildman–Crippen LogP) is 8.31. The molecule has 0 rings (SSSR count). The summed E-state index contributed by atoms with van der Waals surface area (Å²) in [6.07, 6.45) is 9.74. The molecule has 0 fully saturated rings. The fraction of sp³-hybridized carbons (Fsp3) is 0.958. The summed E-state index contributed by atoms with van der Waals surface area (Å²) in [6.45, 7) is 22.8. The Morgan fingerprint density at radius 2 is 1.25 bits per heavy atom. The van der Waals surface area contributed by atoms with Gasteiger partial charge in [-0.3, -0.25) is 4.89 Å². The molecule has 0 unspecified atom stereocenters. The summed E-state index contributed by atoms with van der Waals surface area (Å²) >= 11 is 0. The third kappa shape index (κ3) is 13.8. The summed E-state index contributed by atoms with van der Waals surface area (Å²) in [5.74, 6) is -0.229. The summed E-state index contributed by atoms with van der Waals surface area (Å²) in [6, 6.07) is 1.16. The largest absolute Gasteiger partial charge is 0.342 e. The van der Waals surface area contributed by atoms with Gasteiger partial charge in [0.05, 0.1) is 8.07 Å². The van der Waals surface area contributed by atoms with Crippen LogP contribution in [0.1, 0.15) is 113 Å².